The average molecular weight is 746 g/mol. The Labute approximate surface area is 335 Å². The molecule has 0 aliphatic rings. The van der Waals surface area contributed by atoms with E-state index in [-0.39, 0.29) is 0 Å². The highest BCUT2D eigenvalue weighted by molar-refractivity contribution is 7.26. The van der Waals surface area contributed by atoms with E-state index in [1.54, 1.807) is 0 Å². The lowest BCUT2D eigenvalue weighted by Crippen LogP contribution is -2.10. The molecule has 2 heterocycles. The third-order valence-electron chi connectivity index (χ3n) is 11.1. The van der Waals surface area contributed by atoms with Crippen LogP contribution in [0.5, 0.6) is 0 Å². The first-order valence-electron chi connectivity index (χ1n) is 19.3. The Morgan fingerprint density at radius 1 is 0.316 bits per heavy atom. The number of nitrogens with zero attached hydrogens (tertiary/aromatic N) is 1. The Kier molecular flexibility index (Phi) is 8.04. The minimum absolute atomic E-state index is 0.854. The Morgan fingerprint density at radius 2 is 0.842 bits per heavy atom. The predicted octanol–water partition coefficient (Wildman–Crippen LogP) is 16.1. The van der Waals surface area contributed by atoms with Crippen LogP contribution in [0.1, 0.15) is 0 Å². The topological polar surface area (TPSA) is 16.4 Å². The van der Waals surface area contributed by atoms with Gasteiger partial charge in [-0.25, -0.2) is 0 Å². The van der Waals surface area contributed by atoms with Crippen molar-refractivity contribution in [2.75, 3.05) is 4.90 Å². The number of hydrogen-bond acceptors (Lipinski definition) is 3. The number of rotatable bonds is 7. The molecule has 0 aliphatic heterocycles. The third-order valence-corrected chi connectivity index (χ3v) is 12.2. The molecule has 57 heavy (non-hydrogen) atoms. The highest BCUT2D eigenvalue weighted by Crippen LogP contribution is 2.50. The van der Waals surface area contributed by atoms with E-state index in [2.05, 4.69) is 217 Å². The van der Waals surface area contributed by atoms with E-state index in [1.807, 2.05) is 11.3 Å². The molecule has 0 saturated carbocycles. The molecule has 2 nitrogen and oxygen atoms in total. The van der Waals surface area contributed by atoms with Gasteiger partial charge in [-0.3, -0.25) is 0 Å². The summed E-state index contributed by atoms with van der Waals surface area (Å²) in [6, 6.07) is 76.1. The van der Waals surface area contributed by atoms with Gasteiger partial charge in [0.05, 0.1) is 11.4 Å². The molecule has 3 heteroatoms. The Bertz CT molecular complexity index is 3200. The molecule has 0 bridgehead atoms. The summed E-state index contributed by atoms with van der Waals surface area (Å²) in [5.74, 6) is 0. The second-order valence-electron chi connectivity index (χ2n) is 14.4. The van der Waals surface area contributed by atoms with Crippen molar-refractivity contribution in [3.05, 3.63) is 212 Å². The van der Waals surface area contributed by atoms with Crippen LogP contribution in [0.15, 0.2) is 217 Å². The van der Waals surface area contributed by atoms with E-state index in [0.29, 0.717) is 0 Å². The van der Waals surface area contributed by atoms with Crippen molar-refractivity contribution in [3.63, 3.8) is 0 Å². The molecule has 0 saturated heterocycles. The fourth-order valence-electron chi connectivity index (χ4n) is 8.41. The fraction of sp³-hybridized carbons (Fsp3) is 0. The summed E-state index contributed by atoms with van der Waals surface area (Å²) in [6.07, 6.45) is 0. The van der Waals surface area contributed by atoms with Gasteiger partial charge in [0.25, 0.3) is 0 Å². The van der Waals surface area contributed by atoms with Gasteiger partial charge in [-0.05, 0) is 75.3 Å². The quantitative estimate of drug-likeness (QED) is 0.162. The van der Waals surface area contributed by atoms with Gasteiger partial charge in [-0.15, -0.1) is 11.3 Å². The number of fused-ring (bicyclic) bond motifs is 6. The summed E-state index contributed by atoms with van der Waals surface area (Å²) < 4.78 is 9.76. The highest BCUT2D eigenvalue weighted by Gasteiger charge is 2.25. The van der Waals surface area contributed by atoms with Crippen LogP contribution in [0.4, 0.5) is 17.1 Å². The zero-order valence-corrected chi connectivity index (χ0v) is 31.8. The number of para-hydroxylation sites is 1. The third kappa shape index (κ3) is 5.71. The molecule has 0 aliphatic carbocycles. The van der Waals surface area contributed by atoms with Gasteiger partial charge >= 0.3 is 0 Å². The first-order valence-corrected chi connectivity index (χ1v) is 20.2. The number of furan rings is 1. The van der Waals surface area contributed by atoms with E-state index in [9.17, 15) is 0 Å². The molecule has 9 aromatic carbocycles. The summed E-state index contributed by atoms with van der Waals surface area (Å²) in [5.41, 5.74) is 14.2. The van der Waals surface area contributed by atoms with Gasteiger partial charge in [0, 0.05) is 42.2 Å². The van der Waals surface area contributed by atoms with Crippen LogP contribution in [-0.2, 0) is 0 Å². The lowest BCUT2D eigenvalue weighted by atomic mass is 9.96. The van der Waals surface area contributed by atoms with Crippen LogP contribution in [0.3, 0.4) is 0 Å². The Morgan fingerprint density at radius 3 is 1.53 bits per heavy atom. The molecular formula is C54H35NOS. The highest BCUT2D eigenvalue weighted by atomic mass is 32.1. The van der Waals surface area contributed by atoms with Crippen molar-refractivity contribution in [2.45, 2.75) is 0 Å². The smallest absolute Gasteiger partial charge is 0.160 e. The maximum absolute atomic E-state index is 7.24. The number of anilines is 3. The van der Waals surface area contributed by atoms with E-state index < -0.39 is 0 Å². The van der Waals surface area contributed by atoms with Crippen LogP contribution >= 0.6 is 11.3 Å². The second kappa shape index (κ2) is 13.8. The molecule has 0 amide bonds. The van der Waals surface area contributed by atoms with Gasteiger partial charge in [0.15, 0.2) is 5.58 Å². The van der Waals surface area contributed by atoms with Gasteiger partial charge in [-0.1, -0.05) is 176 Å². The van der Waals surface area contributed by atoms with Crippen molar-refractivity contribution in [3.8, 4) is 44.5 Å². The first kappa shape index (κ1) is 33.2. The van der Waals surface area contributed by atoms with Crippen LogP contribution < -0.4 is 4.90 Å². The van der Waals surface area contributed by atoms with Crippen LogP contribution in [0, 0.1) is 0 Å². The zero-order chi connectivity index (χ0) is 37.7. The largest absolute Gasteiger partial charge is 0.453 e. The molecule has 0 fully saturated rings. The number of benzene rings is 9. The summed E-state index contributed by atoms with van der Waals surface area (Å²) in [6.45, 7) is 0. The van der Waals surface area contributed by atoms with Crippen LogP contribution in [0.2, 0.25) is 0 Å². The standard InChI is InChI=1S/C54H35NOS/c1-4-14-36(15-5-1)37-26-28-38(29-27-37)39-30-32-42(33-31-39)55(47-23-13-25-50-52(47)45-20-10-11-24-49(45)57-50)48-35-34-43(40-16-6-2-7-17-40)51-46-22-12-21-44(53(46)56-54(48)51)41-18-8-3-9-19-41/h1-35H. The van der Waals surface area contributed by atoms with Gasteiger partial charge in [-0.2, -0.15) is 0 Å². The summed E-state index contributed by atoms with van der Waals surface area (Å²) in [7, 11) is 0. The van der Waals surface area contributed by atoms with Gasteiger partial charge in [0.2, 0.25) is 0 Å². The molecular weight excluding hydrogens is 711 g/mol. The minimum atomic E-state index is 0.854. The van der Waals surface area contributed by atoms with Crippen LogP contribution in [-0.4, -0.2) is 0 Å². The SMILES string of the molecule is c1ccc(-c2ccc(-c3ccc(N(c4ccc(-c5ccccc5)c5c4oc4c(-c6ccccc6)cccc45)c4cccc5sc6ccccc6c45)cc3)cc2)cc1. The molecule has 0 atom stereocenters. The minimum Gasteiger partial charge on any atom is -0.453 e. The maximum atomic E-state index is 7.24. The average Bonchev–Trinajstić information content (AvgIpc) is 3.88. The fourth-order valence-corrected chi connectivity index (χ4v) is 9.53. The molecule has 0 N–H and O–H groups in total. The van der Waals surface area contributed by atoms with E-state index >= 15 is 0 Å². The molecule has 0 unspecified atom stereocenters. The summed E-state index contributed by atoms with van der Waals surface area (Å²) in [4.78, 5) is 2.41. The van der Waals surface area contributed by atoms with Crippen LogP contribution in [0.25, 0.3) is 86.6 Å². The lowest BCUT2D eigenvalue weighted by Gasteiger charge is -2.27. The summed E-state index contributed by atoms with van der Waals surface area (Å²) in [5, 5.41) is 4.69. The normalized spacial score (nSPS) is 11.5. The molecule has 268 valence electrons. The Hall–Kier alpha value is -7.20. The molecule has 2 aromatic heterocycles. The van der Waals surface area contributed by atoms with Crippen molar-refractivity contribution in [1.82, 2.24) is 0 Å². The first-order chi connectivity index (χ1) is 28.3. The van der Waals surface area contributed by atoms with E-state index in [1.165, 1.54) is 42.4 Å². The van der Waals surface area contributed by atoms with Crippen molar-refractivity contribution < 1.29 is 4.42 Å². The lowest BCUT2D eigenvalue weighted by molar-refractivity contribution is 0.670. The predicted molar refractivity (Wildman–Crippen MR) is 243 cm³/mol. The monoisotopic (exact) mass is 745 g/mol. The molecule has 11 aromatic rings. The van der Waals surface area contributed by atoms with E-state index in [4.69, 9.17) is 4.42 Å². The molecule has 0 radical (unpaired) electrons. The van der Waals surface area contributed by atoms with Crippen molar-refractivity contribution in [2.24, 2.45) is 0 Å². The second-order valence-corrected chi connectivity index (χ2v) is 15.5. The van der Waals surface area contributed by atoms with Gasteiger partial charge in [0.1, 0.15) is 5.58 Å². The number of hydrogen-bond donors (Lipinski definition) is 0. The molecule has 11 rings (SSSR count). The zero-order valence-electron chi connectivity index (χ0n) is 31.0. The number of thiophene rings is 1. The van der Waals surface area contributed by atoms with E-state index in [0.717, 1.165) is 61.3 Å². The summed E-state index contributed by atoms with van der Waals surface area (Å²) >= 11 is 1.84. The molecule has 0 spiro atoms. The van der Waals surface area contributed by atoms with Gasteiger partial charge < -0.3 is 9.32 Å². The van der Waals surface area contributed by atoms with Crippen molar-refractivity contribution >= 4 is 70.5 Å². The maximum Gasteiger partial charge on any atom is 0.160 e. The van der Waals surface area contributed by atoms with Crippen molar-refractivity contribution in [1.29, 1.82) is 0 Å². The Balaban J connectivity index is 1.15.